The van der Waals surface area contributed by atoms with Crippen LogP contribution in [0.25, 0.3) is 0 Å². The highest BCUT2D eigenvalue weighted by atomic mass is 16.7. The maximum Gasteiger partial charge on any atom is 0.361 e. The maximum absolute atomic E-state index is 12.9. The van der Waals surface area contributed by atoms with Crippen LogP contribution in [0.3, 0.4) is 0 Å². The first-order valence-electron chi connectivity index (χ1n) is 29.5. The van der Waals surface area contributed by atoms with Crippen LogP contribution in [0.5, 0.6) is 0 Å². The average molecular weight is 1000 g/mol. The number of ether oxygens (including phenoxy) is 4. The zero-order chi connectivity index (χ0) is 52.0. The number of esters is 2. The van der Waals surface area contributed by atoms with Gasteiger partial charge in [0.05, 0.1) is 34.4 Å². The number of carbonyl (C=O) groups is 3. The predicted molar refractivity (Wildman–Crippen MR) is 300 cm³/mol. The Morgan fingerprint density at radius 3 is 1.21 bits per heavy atom. The Bertz CT molecular complexity index is 1350. The highest BCUT2D eigenvalue weighted by Crippen LogP contribution is 2.16. The number of hydrogen-bond acceptors (Lipinski definition) is 7. The Morgan fingerprint density at radius 1 is 0.437 bits per heavy atom. The van der Waals surface area contributed by atoms with Crippen LogP contribution in [0.1, 0.15) is 258 Å². The topological polar surface area (TPSA) is 108 Å². The van der Waals surface area contributed by atoms with Crippen molar-refractivity contribution in [1.29, 1.82) is 0 Å². The zero-order valence-corrected chi connectivity index (χ0v) is 46.9. The number of allylic oxidation sites excluding steroid dienone is 10. The summed E-state index contributed by atoms with van der Waals surface area (Å²) in [5.74, 6) is -2.01. The van der Waals surface area contributed by atoms with Gasteiger partial charge in [0.25, 0.3) is 6.29 Å². The van der Waals surface area contributed by atoms with Crippen molar-refractivity contribution in [3.05, 3.63) is 60.8 Å². The lowest BCUT2D eigenvalue weighted by Crippen LogP contribution is -2.40. The molecule has 0 fully saturated rings. The van der Waals surface area contributed by atoms with Crippen molar-refractivity contribution in [2.45, 2.75) is 270 Å². The molecule has 0 spiro atoms. The van der Waals surface area contributed by atoms with Gasteiger partial charge in [-0.05, 0) is 77.0 Å². The van der Waals surface area contributed by atoms with Crippen molar-refractivity contribution in [1.82, 2.24) is 0 Å². The van der Waals surface area contributed by atoms with Crippen LogP contribution in [0, 0.1) is 0 Å². The third kappa shape index (κ3) is 54.6. The van der Waals surface area contributed by atoms with Gasteiger partial charge in [-0.15, -0.1) is 0 Å². The molecular weight excluding hydrogens is 887 g/mol. The minimum absolute atomic E-state index is 0.185. The molecule has 0 heterocycles. The largest absolute Gasteiger partial charge is 0.477 e. The normalized spacial score (nSPS) is 13.2. The summed E-state index contributed by atoms with van der Waals surface area (Å²) in [5, 5.41) is 9.69. The first-order valence-corrected chi connectivity index (χ1v) is 29.5. The summed E-state index contributed by atoms with van der Waals surface area (Å²) in [4.78, 5) is 37.4. The van der Waals surface area contributed by atoms with Crippen molar-refractivity contribution >= 4 is 17.9 Å². The highest BCUT2D eigenvalue weighted by Gasteiger charge is 2.25. The summed E-state index contributed by atoms with van der Waals surface area (Å²) >= 11 is 0. The SMILES string of the molecule is CC/C=C\C/C=C\C/C=C\C/C=C\CCCCCCCCCCCCCCCCCCCCC(=O)OC(COC(=O)CCCCCCC/C=C\CCCCCCCC)COC(OCC[N+](C)(C)C)C(=O)O. The van der Waals surface area contributed by atoms with Crippen LogP contribution < -0.4 is 0 Å². The molecule has 412 valence electrons. The first kappa shape index (κ1) is 68.0. The molecule has 2 atom stereocenters. The highest BCUT2D eigenvalue weighted by molar-refractivity contribution is 5.71. The Labute approximate surface area is 437 Å². The second kappa shape index (κ2) is 53.3. The molecule has 0 aromatic rings. The van der Waals surface area contributed by atoms with Gasteiger partial charge in [-0.25, -0.2) is 4.79 Å². The molecule has 0 aromatic carbocycles. The minimum atomic E-state index is -1.51. The molecule has 0 bridgehead atoms. The van der Waals surface area contributed by atoms with Crippen molar-refractivity contribution < 1.29 is 42.9 Å². The third-order valence-corrected chi connectivity index (χ3v) is 12.8. The first-order chi connectivity index (χ1) is 34.6. The molecular formula is C62H112NO8+. The van der Waals surface area contributed by atoms with Crippen molar-refractivity contribution in [3.63, 3.8) is 0 Å². The zero-order valence-electron chi connectivity index (χ0n) is 46.9. The molecule has 0 saturated heterocycles. The predicted octanol–water partition coefficient (Wildman–Crippen LogP) is 17.2. The van der Waals surface area contributed by atoms with E-state index in [1.807, 2.05) is 21.1 Å². The van der Waals surface area contributed by atoms with Gasteiger partial charge < -0.3 is 28.5 Å². The van der Waals surface area contributed by atoms with Crippen LogP contribution >= 0.6 is 0 Å². The van der Waals surface area contributed by atoms with E-state index in [4.69, 9.17) is 18.9 Å². The number of unbranched alkanes of at least 4 members (excludes halogenated alkanes) is 29. The molecule has 2 unspecified atom stereocenters. The van der Waals surface area contributed by atoms with Crippen LogP contribution in [-0.4, -0.2) is 87.4 Å². The van der Waals surface area contributed by atoms with E-state index >= 15 is 0 Å². The monoisotopic (exact) mass is 999 g/mol. The number of hydrogen-bond donors (Lipinski definition) is 1. The molecule has 0 aliphatic rings. The summed E-state index contributed by atoms with van der Waals surface area (Å²) < 4.78 is 22.9. The fraction of sp³-hybridized carbons (Fsp3) is 0.790. The van der Waals surface area contributed by atoms with E-state index in [2.05, 4.69) is 74.6 Å². The van der Waals surface area contributed by atoms with E-state index in [1.54, 1.807) is 0 Å². The van der Waals surface area contributed by atoms with E-state index in [1.165, 1.54) is 148 Å². The molecule has 71 heavy (non-hydrogen) atoms. The van der Waals surface area contributed by atoms with Gasteiger partial charge in [-0.1, -0.05) is 229 Å². The van der Waals surface area contributed by atoms with Gasteiger partial charge >= 0.3 is 17.9 Å². The molecule has 0 saturated carbocycles. The number of carboxylic acid groups (broad SMARTS) is 1. The fourth-order valence-corrected chi connectivity index (χ4v) is 8.24. The molecule has 0 amide bonds. The standard InChI is InChI=1S/C62H111NO8/c1-6-8-10-12-14-16-18-20-22-23-24-25-26-27-28-29-30-31-32-33-34-35-36-37-39-41-43-45-47-49-51-53-60(65)71-58(57-70-62(61(66)67)68-55-54-63(3,4)5)56-69-59(64)52-50-48-46-44-42-40-38-21-19-17-15-13-11-9-7-2/h8,10,14,16,20-22,24-25,38,58,62H,6-7,9,11-13,15,17-19,23,26-37,39-57H2,1-5H3/p+1/b10-8-,16-14-,22-20-,25-24-,38-21-. The summed E-state index contributed by atoms with van der Waals surface area (Å²) in [5.41, 5.74) is 0. The molecule has 9 nitrogen and oxygen atoms in total. The number of aliphatic carboxylic acids is 1. The molecule has 0 aromatic heterocycles. The second-order valence-corrected chi connectivity index (χ2v) is 20.9. The Balaban J connectivity index is 4.13. The van der Waals surface area contributed by atoms with E-state index in [-0.39, 0.29) is 32.2 Å². The molecule has 0 aliphatic heterocycles. The summed E-state index contributed by atoms with van der Waals surface area (Å²) in [7, 11) is 5.97. The van der Waals surface area contributed by atoms with E-state index in [0.717, 1.165) is 83.5 Å². The van der Waals surface area contributed by atoms with Crippen molar-refractivity contribution in [2.75, 3.05) is 47.5 Å². The Kier molecular flexibility index (Phi) is 51.0. The summed E-state index contributed by atoms with van der Waals surface area (Å²) in [6.07, 6.45) is 64.5. The summed E-state index contributed by atoms with van der Waals surface area (Å²) in [6.45, 7) is 4.77. The summed E-state index contributed by atoms with van der Waals surface area (Å²) in [6, 6.07) is 0. The molecule has 1 N–H and O–H groups in total. The van der Waals surface area contributed by atoms with Gasteiger partial charge in [0.2, 0.25) is 0 Å². The van der Waals surface area contributed by atoms with Gasteiger partial charge in [-0.3, -0.25) is 9.59 Å². The number of likely N-dealkylation sites (N-methyl/N-ethyl adjacent to an activating group) is 1. The van der Waals surface area contributed by atoms with Crippen LogP contribution in [0.4, 0.5) is 0 Å². The van der Waals surface area contributed by atoms with Crippen LogP contribution in [0.2, 0.25) is 0 Å². The second-order valence-electron chi connectivity index (χ2n) is 20.9. The third-order valence-electron chi connectivity index (χ3n) is 12.8. The quantitative estimate of drug-likeness (QED) is 0.0211. The average Bonchev–Trinajstić information content (AvgIpc) is 3.34. The number of quaternary nitrogens is 1. The lowest BCUT2D eigenvalue weighted by Gasteiger charge is -2.25. The maximum atomic E-state index is 12.9. The smallest absolute Gasteiger partial charge is 0.361 e. The number of rotatable bonds is 54. The Morgan fingerprint density at radius 2 is 0.803 bits per heavy atom. The van der Waals surface area contributed by atoms with Gasteiger partial charge in [0, 0.05) is 12.8 Å². The van der Waals surface area contributed by atoms with Crippen LogP contribution in [0.15, 0.2) is 60.8 Å². The lowest BCUT2D eigenvalue weighted by molar-refractivity contribution is -0.870. The molecule has 0 rings (SSSR count). The van der Waals surface area contributed by atoms with Crippen molar-refractivity contribution in [3.8, 4) is 0 Å². The minimum Gasteiger partial charge on any atom is -0.477 e. The van der Waals surface area contributed by atoms with Gasteiger partial charge in [0.15, 0.2) is 6.10 Å². The fourth-order valence-electron chi connectivity index (χ4n) is 8.24. The lowest BCUT2D eigenvalue weighted by atomic mass is 10.0. The van der Waals surface area contributed by atoms with Crippen LogP contribution in [-0.2, 0) is 33.3 Å². The number of nitrogens with zero attached hydrogens (tertiary/aromatic N) is 1. The van der Waals surface area contributed by atoms with Gasteiger partial charge in [-0.2, -0.15) is 0 Å². The van der Waals surface area contributed by atoms with E-state index in [9.17, 15) is 19.5 Å². The van der Waals surface area contributed by atoms with Crippen molar-refractivity contribution in [2.24, 2.45) is 0 Å². The van der Waals surface area contributed by atoms with E-state index in [0.29, 0.717) is 17.4 Å². The number of carbonyl (C=O) groups excluding carboxylic acids is 2. The van der Waals surface area contributed by atoms with Gasteiger partial charge in [0.1, 0.15) is 13.2 Å². The number of carboxylic acids is 1. The molecule has 0 aliphatic carbocycles. The molecule has 0 radical (unpaired) electrons. The molecule has 9 heteroatoms. The Hall–Kier alpha value is -3.01. The van der Waals surface area contributed by atoms with E-state index < -0.39 is 24.3 Å².